The van der Waals surface area contributed by atoms with E-state index in [9.17, 15) is 4.79 Å². The molecule has 3 rings (SSSR count). The molecule has 21 heavy (non-hydrogen) atoms. The normalized spacial score (nSPS) is 10.9. The SMILES string of the molecule is Cn1cc(CCC(=O)O)c2cc(-c3ccncc3)ccc21. The monoisotopic (exact) mass is 280 g/mol. The van der Waals surface area contributed by atoms with Gasteiger partial charge >= 0.3 is 5.97 Å². The van der Waals surface area contributed by atoms with Crippen LogP contribution in [0, 0.1) is 0 Å². The minimum absolute atomic E-state index is 0.151. The first-order valence-electron chi connectivity index (χ1n) is 6.85. The molecule has 2 aromatic heterocycles. The van der Waals surface area contributed by atoms with Gasteiger partial charge in [-0.2, -0.15) is 0 Å². The summed E-state index contributed by atoms with van der Waals surface area (Å²) < 4.78 is 2.04. The van der Waals surface area contributed by atoms with E-state index in [0.717, 1.165) is 27.6 Å². The Morgan fingerprint density at radius 3 is 2.67 bits per heavy atom. The average Bonchev–Trinajstić information content (AvgIpc) is 2.82. The second-order valence-electron chi connectivity index (χ2n) is 5.13. The van der Waals surface area contributed by atoms with Crippen molar-refractivity contribution in [1.82, 2.24) is 9.55 Å². The molecule has 0 amide bonds. The fraction of sp³-hybridized carbons (Fsp3) is 0.176. The highest BCUT2D eigenvalue weighted by molar-refractivity contribution is 5.89. The number of carboxylic acid groups (broad SMARTS) is 1. The zero-order valence-corrected chi connectivity index (χ0v) is 11.8. The summed E-state index contributed by atoms with van der Waals surface area (Å²) in [6.07, 6.45) is 6.26. The van der Waals surface area contributed by atoms with Gasteiger partial charge in [0.1, 0.15) is 0 Å². The van der Waals surface area contributed by atoms with Gasteiger partial charge in [-0.15, -0.1) is 0 Å². The molecule has 0 bridgehead atoms. The highest BCUT2D eigenvalue weighted by Gasteiger charge is 2.09. The molecule has 0 aliphatic rings. The van der Waals surface area contributed by atoms with Crippen LogP contribution in [-0.2, 0) is 18.3 Å². The third-order valence-electron chi connectivity index (χ3n) is 3.69. The number of rotatable bonds is 4. The Morgan fingerprint density at radius 2 is 1.95 bits per heavy atom. The van der Waals surface area contributed by atoms with Crippen LogP contribution < -0.4 is 0 Å². The maximum absolute atomic E-state index is 10.8. The Hall–Kier alpha value is -2.62. The van der Waals surface area contributed by atoms with Crippen LogP contribution in [-0.4, -0.2) is 20.6 Å². The smallest absolute Gasteiger partial charge is 0.303 e. The van der Waals surface area contributed by atoms with Gasteiger partial charge in [-0.25, -0.2) is 0 Å². The summed E-state index contributed by atoms with van der Waals surface area (Å²) in [5, 5.41) is 9.99. The van der Waals surface area contributed by atoms with Crippen LogP contribution in [0.3, 0.4) is 0 Å². The van der Waals surface area contributed by atoms with Crippen LogP contribution in [0.25, 0.3) is 22.0 Å². The molecule has 1 N–H and O–H groups in total. The lowest BCUT2D eigenvalue weighted by molar-refractivity contribution is -0.136. The molecule has 0 radical (unpaired) electrons. The number of carbonyl (C=O) groups is 1. The first-order valence-corrected chi connectivity index (χ1v) is 6.85. The maximum atomic E-state index is 10.8. The summed E-state index contributed by atoms with van der Waals surface area (Å²) in [4.78, 5) is 14.8. The molecular weight excluding hydrogens is 264 g/mol. The standard InChI is InChI=1S/C17H16N2O2/c1-19-11-14(3-5-17(20)21)15-10-13(2-4-16(15)19)12-6-8-18-9-7-12/h2,4,6-11H,3,5H2,1H3,(H,20,21). The van der Waals surface area contributed by atoms with Gasteiger partial charge in [0.15, 0.2) is 0 Å². The molecule has 2 heterocycles. The fourth-order valence-electron chi connectivity index (χ4n) is 2.64. The van der Waals surface area contributed by atoms with Gasteiger partial charge in [-0.05, 0) is 47.4 Å². The van der Waals surface area contributed by atoms with Crippen LogP contribution >= 0.6 is 0 Å². The van der Waals surface area contributed by atoms with Gasteiger partial charge < -0.3 is 9.67 Å². The largest absolute Gasteiger partial charge is 0.481 e. The third-order valence-corrected chi connectivity index (χ3v) is 3.69. The van der Waals surface area contributed by atoms with Gasteiger partial charge in [0.25, 0.3) is 0 Å². The average molecular weight is 280 g/mol. The Labute approximate surface area is 122 Å². The van der Waals surface area contributed by atoms with Gasteiger partial charge in [-0.1, -0.05) is 6.07 Å². The molecule has 1 aromatic carbocycles. The molecule has 3 aromatic rings. The van der Waals surface area contributed by atoms with Gasteiger partial charge in [0, 0.05) is 43.0 Å². The number of nitrogens with zero attached hydrogens (tertiary/aromatic N) is 2. The van der Waals surface area contributed by atoms with E-state index >= 15 is 0 Å². The highest BCUT2D eigenvalue weighted by atomic mass is 16.4. The molecule has 4 nitrogen and oxygen atoms in total. The van der Waals surface area contributed by atoms with E-state index in [1.165, 1.54) is 0 Å². The number of hydrogen-bond acceptors (Lipinski definition) is 2. The van der Waals surface area contributed by atoms with Crippen molar-refractivity contribution in [1.29, 1.82) is 0 Å². The minimum Gasteiger partial charge on any atom is -0.481 e. The van der Waals surface area contributed by atoms with E-state index in [1.54, 1.807) is 12.4 Å². The zero-order valence-electron chi connectivity index (χ0n) is 11.8. The highest BCUT2D eigenvalue weighted by Crippen LogP contribution is 2.28. The van der Waals surface area contributed by atoms with E-state index in [2.05, 4.69) is 23.2 Å². The van der Waals surface area contributed by atoms with Crippen LogP contribution in [0.2, 0.25) is 0 Å². The lowest BCUT2D eigenvalue weighted by atomic mass is 10.0. The molecule has 0 aliphatic carbocycles. The molecule has 0 saturated heterocycles. The summed E-state index contributed by atoms with van der Waals surface area (Å²) >= 11 is 0. The number of benzene rings is 1. The maximum Gasteiger partial charge on any atom is 0.303 e. The molecule has 0 fully saturated rings. The van der Waals surface area contributed by atoms with E-state index in [0.29, 0.717) is 6.42 Å². The topological polar surface area (TPSA) is 55.1 Å². The Balaban J connectivity index is 2.07. The first-order chi connectivity index (χ1) is 10.1. The predicted octanol–water partition coefficient (Wildman–Crippen LogP) is 3.26. The van der Waals surface area contributed by atoms with Crippen molar-refractivity contribution < 1.29 is 9.90 Å². The van der Waals surface area contributed by atoms with E-state index in [4.69, 9.17) is 5.11 Å². The predicted molar refractivity (Wildman–Crippen MR) is 82.1 cm³/mol. The molecule has 0 spiro atoms. The van der Waals surface area contributed by atoms with Crippen molar-refractivity contribution in [2.75, 3.05) is 0 Å². The third kappa shape index (κ3) is 2.65. The van der Waals surface area contributed by atoms with E-state index in [1.807, 2.05) is 29.9 Å². The Kier molecular flexibility index (Phi) is 3.44. The number of carboxylic acids is 1. The van der Waals surface area contributed by atoms with Crippen LogP contribution in [0.1, 0.15) is 12.0 Å². The fourth-order valence-corrected chi connectivity index (χ4v) is 2.64. The summed E-state index contributed by atoms with van der Waals surface area (Å²) in [5.74, 6) is -0.766. The van der Waals surface area contributed by atoms with Crippen molar-refractivity contribution in [3.63, 3.8) is 0 Å². The van der Waals surface area contributed by atoms with Gasteiger partial charge in [0.05, 0.1) is 0 Å². The molecule has 0 saturated carbocycles. The summed E-state index contributed by atoms with van der Waals surface area (Å²) in [6.45, 7) is 0. The van der Waals surface area contributed by atoms with Crippen molar-refractivity contribution in [3.8, 4) is 11.1 Å². The quantitative estimate of drug-likeness (QED) is 0.798. The molecular formula is C17H16N2O2. The van der Waals surface area contributed by atoms with Crippen molar-refractivity contribution >= 4 is 16.9 Å². The number of aliphatic carboxylic acids is 1. The lowest BCUT2D eigenvalue weighted by Gasteiger charge is -2.03. The number of fused-ring (bicyclic) bond motifs is 1. The van der Waals surface area contributed by atoms with Gasteiger partial charge in [-0.3, -0.25) is 9.78 Å². The van der Waals surface area contributed by atoms with E-state index < -0.39 is 5.97 Å². The number of hydrogen-bond donors (Lipinski definition) is 1. The molecule has 0 atom stereocenters. The van der Waals surface area contributed by atoms with Crippen LogP contribution in [0.15, 0.2) is 48.9 Å². The Bertz CT molecular complexity index is 791. The molecule has 0 aliphatic heterocycles. The molecule has 4 heteroatoms. The Morgan fingerprint density at radius 1 is 1.19 bits per heavy atom. The first kappa shape index (κ1) is 13.4. The van der Waals surface area contributed by atoms with Crippen molar-refractivity contribution in [3.05, 3.63) is 54.5 Å². The number of pyridine rings is 1. The van der Waals surface area contributed by atoms with Crippen LogP contribution in [0.4, 0.5) is 0 Å². The van der Waals surface area contributed by atoms with Crippen LogP contribution in [0.5, 0.6) is 0 Å². The lowest BCUT2D eigenvalue weighted by Crippen LogP contribution is -1.96. The number of aryl methyl sites for hydroxylation is 2. The summed E-state index contributed by atoms with van der Waals surface area (Å²) in [7, 11) is 1.98. The van der Waals surface area contributed by atoms with Crippen molar-refractivity contribution in [2.24, 2.45) is 7.05 Å². The minimum atomic E-state index is -0.766. The molecule has 106 valence electrons. The second kappa shape index (κ2) is 5.40. The van der Waals surface area contributed by atoms with Crippen molar-refractivity contribution in [2.45, 2.75) is 12.8 Å². The zero-order chi connectivity index (χ0) is 14.8. The molecule has 0 unspecified atom stereocenters. The van der Waals surface area contributed by atoms with Gasteiger partial charge in [0.2, 0.25) is 0 Å². The summed E-state index contributed by atoms with van der Waals surface area (Å²) in [5.41, 5.74) is 4.42. The number of aromatic nitrogens is 2. The second-order valence-corrected chi connectivity index (χ2v) is 5.13. The van der Waals surface area contributed by atoms with E-state index in [-0.39, 0.29) is 6.42 Å². The summed E-state index contributed by atoms with van der Waals surface area (Å²) in [6, 6.07) is 10.2.